The van der Waals surface area contributed by atoms with Crippen molar-refractivity contribution in [3.63, 3.8) is 0 Å². The molecule has 1 aromatic heterocycles. The van der Waals surface area contributed by atoms with Gasteiger partial charge in [-0.2, -0.15) is 0 Å². The summed E-state index contributed by atoms with van der Waals surface area (Å²) in [5.74, 6) is 0. The van der Waals surface area contributed by atoms with Crippen molar-refractivity contribution in [3.05, 3.63) is 33.2 Å². The molecule has 0 radical (unpaired) electrons. The zero-order valence-electron chi connectivity index (χ0n) is 12.6. The van der Waals surface area contributed by atoms with Gasteiger partial charge >= 0.3 is 0 Å². The van der Waals surface area contributed by atoms with Crippen molar-refractivity contribution in [2.45, 2.75) is 52.2 Å². The second-order valence-corrected chi connectivity index (χ2v) is 5.95. The molecule has 0 amide bonds. The normalized spacial score (nSPS) is 19.1. The average Bonchev–Trinajstić information content (AvgIpc) is 3.29. The van der Waals surface area contributed by atoms with Crippen LogP contribution in [0, 0.1) is 0 Å². The van der Waals surface area contributed by atoms with Gasteiger partial charge in [-0.05, 0) is 37.6 Å². The van der Waals surface area contributed by atoms with Gasteiger partial charge in [0.1, 0.15) is 0 Å². The summed E-state index contributed by atoms with van der Waals surface area (Å²) < 4.78 is 2.12. The molecule has 1 aliphatic heterocycles. The molecule has 0 spiro atoms. The van der Waals surface area contributed by atoms with E-state index in [0.717, 1.165) is 38.2 Å². The second-order valence-electron chi connectivity index (χ2n) is 5.95. The predicted molar refractivity (Wildman–Crippen MR) is 81.0 cm³/mol. The maximum Gasteiger partial charge on any atom is 0.255 e. The molecule has 0 saturated heterocycles. The van der Waals surface area contributed by atoms with Crippen LogP contribution < -0.4 is 10.9 Å². The maximum absolute atomic E-state index is 12.7. The van der Waals surface area contributed by atoms with Crippen LogP contribution in [0.15, 0.2) is 10.9 Å². The number of aromatic nitrogens is 1. The third kappa shape index (κ3) is 2.54. The van der Waals surface area contributed by atoms with Crippen LogP contribution in [0.2, 0.25) is 0 Å². The SMILES string of the molecule is CCNCc1cc2c(n(C3CC3)c1=O)CCN(CC)C2. The van der Waals surface area contributed by atoms with Gasteiger partial charge in [-0.15, -0.1) is 0 Å². The number of likely N-dealkylation sites (N-methyl/N-ethyl adjacent to an activating group) is 1. The Balaban J connectivity index is 2.01. The number of rotatable bonds is 5. The van der Waals surface area contributed by atoms with Crippen LogP contribution in [0.1, 0.15) is 49.6 Å². The number of hydrogen-bond donors (Lipinski definition) is 1. The largest absolute Gasteiger partial charge is 0.313 e. The van der Waals surface area contributed by atoms with E-state index >= 15 is 0 Å². The second kappa shape index (κ2) is 5.70. The molecule has 1 saturated carbocycles. The Morgan fingerprint density at radius 2 is 2.15 bits per heavy atom. The standard InChI is InChI=1S/C16H25N3O/c1-3-17-10-12-9-13-11-18(4-2)8-7-15(13)19(16(12)20)14-5-6-14/h9,14,17H,3-8,10-11H2,1-2H3. The first kappa shape index (κ1) is 13.8. The smallest absolute Gasteiger partial charge is 0.255 e. The van der Waals surface area contributed by atoms with E-state index in [2.05, 4.69) is 34.7 Å². The number of fused-ring (bicyclic) bond motifs is 1. The van der Waals surface area contributed by atoms with Gasteiger partial charge in [-0.25, -0.2) is 0 Å². The molecule has 0 atom stereocenters. The first-order chi connectivity index (χ1) is 9.74. The molecule has 3 rings (SSSR count). The van der Waals surface area contributed by atoms with Crippen LogP contribution in [0.3, 0.4) is 0 Å². The molecular weight excluding hydrogens is 250 g/mol. The molecule has 1 aromatic rings. The Kier molecular flexibility index (Phi) is 3.94. The van der Waals surface area contributed by atoms with Crippen molar-refractivity contribution in [1.29, 1.82) is 0 Å². The monoisotopic (exact) mass is 275 g/mol. The van der Waals surface area contributed by atoms with E-state index < -0.39 is 0 Å². The average molecular weight is 275 g/mol. The van der Waals surface area contributed by atoms with Gasteiger partial charge in [0.15, 0.2) is 0 Å². The lowest BCUT2D eigenvalue weighted by atomic mass is 10.0. The topological polar surface area (TPSA) is 37.3 Å². The summed E-state index contributed by atoms with van der Waals surface area (Å²) >= 11 is 0. The van der Waals surface area contributed by atoms with Gasteiger partial charge in [-0.3, -0.25) is 9.69 Å². The number of pyridine rings is 1. The highest BCUT2D eigenvalue weighted by atomic mass is 16.1. The highest BCUT2D eigenvalue weighted by Gasteiger charge is 2.30. The fourth-order valence-electron chi connectivity index (χ4n) is 3.16. The van der Waals surface area contributed by atoms with Gasteiger partial charge in [-0.1, -0.05) is 13.8 Å². The number of nitrogens with one attached hydrogen (secondary N) is 1. The summed E-state index contributed by atoms with van der Waals surface area (Å²) in [5, 5.41) is 3.30. The van der Waals surface area contributed by atoms with E-state index in [1.165, 1.54) is 24.1 Å². The highest BCUT2D eigenvalue weighted by molar-refractivity contribution is 5.30. The van der Waals surface area contributed by atoms with Crippen LogP contribution >= 0.6 is 0 Å². The lowest BCUT2D eigenvalue weighted by Crippen LogP contribution is -2.37. The van der Waals surface area contributed by atoms with Gasteiger partial charge in [0.25, 0.3) is 5.56 Å². The Bertz CT molecular complexity index is 545. The van der Waals surface area contributed by atoms with E-state index in [-0.39, 0.29) is 5.56 Å². The van der Waals surface area contributed by atoms with Crippen molar-refractivity contribution < 1.29 is 0 Å². The molecule has 20 heavy (non-hydrogen) atoms. The molecular formula is C16H25N3O. The highest BCUT2D eigenvalue weighted by Crippen LogP contribution is 2.36. The Hall–Kier alpha value is -1.13. The van der Waals surface area contributed by atoms with Gasteiger partial charge in [0.2, 0.25) is 0 Å². The molecule has 1 fully saturated rings. The van der Waals surface area contributed by atoms with Crippen LogP contribution in [0.4, 0.5) is 0 Å². The maximum atomic E-state index is 12.7. The van der Waals surface area contributed by atoms with Crippen molar-refractivity contribution in [2.75, 3.05) is 19.6 Å². The minimum atomic E-state index is 0.247. The fourth-order valence-corrected chi connectivity index (χ4v) is 3.16. The molecule has 110 valence electrons. The summed E-state index contributed by atoms with van der Waals surface area (Å²) in [6.45, 7) is 9.06. The molecule has 0 bridgehead atoms. The quantitative estimate of drug-likeness (QED) is 0.888. The summed E-state index contributed by atoms with van der Waals surface area (Å²) in [5.41, 5.74) is 3.87. The predicted octanol–water partition coefficient (Wildman–Crippen LogP) is 1.67. The van der Waals surface area contributed by atoms with E-state index in [1.54, 1.807) is 0 Å². The van der Waals surface area contributed by atoms with Crippen molar-refractivity contribution in [3.8, 4) is 0 Å². The van der Waals surface area contributed by atoms with Crippen LogP contribution in [0.25, 0.3) is 0 Å². The third-order valence-electron chi connectivity index (χ3n) is 4.49. The first-order valence-corrected chi connectivity index (χ1v) is 7.93. The van der Waals surface area contributed by atoms with Crippen LogP contribution in [-0.2, 0) is 19.5 Å². The van der Waals surface area contributed by atoms with E-state index in [0.29, 0.717) is 12.6 Å². The van der Waals surface area contributed by atoms with Crippen LogP contribution in [0.5, 0.6) is 0 Å². The molecule has 2 aliphatic rings. The van der Waals surface area contributed by atoms with E-state index in [4.69, 9.17) is 0 Å². The molecule has 1 aliphatic carbocycles. The van der Waals surface area contributed by atoms with Gasteiger partial charge in [0, 0.05) is 43.4 Å². The minimum absolute atomic E-state index is 0.247. The first-order valence-electron chi connectivity index (χ1n) is 7.93. The number of nitrogens with zero attached hydrogens (tertiary/aromatic N) is 2. The minimum Gasteiger partial charge on any atom is -0.313 e. The van der Waals surface area contributed by atoms with Crippen LogP contribution in [-0.4, -0.2) is 29.1 Å². The Labute approximate surface area is 120 Å². The number of hydrogen-bond acceptors (Lipinski definition) is 3. The Morgan fingerprint density at radius 3 is 2.80 bits per heavy atom. The fraction of sp³-hybridized carbons (Fsp3) is 0.688. The van der Waals surface area contributed by atoms with Crippen molar-refractivity contribution in [1.82, 2.24) is 14.8 Å². The summed E-state index contributed by atoms with van der Waals surface area (Å²) in [6, 6.07) is 2.63. The van der Waals surface area contributed by atoms with E-state index in [1.807, 2.05) is 0 Å². The molecule has 2 heterocycles. The zero-order chi connectivity index (χ0) is 14.1. The summed E-state index contributed by atoms with van der Waals surface area (Å²) in [7, 11) is 0. The third-order valence-corrected chi connectivity index (χ3v) is 4.49. The molecule has 1 N–H and O–H groups in total. The van der Waals surface area contributed by atoms with Crippen molar-refractivity contribution >= 4 is 0 Å². The summed E-state index contributed by atoms with van der Waals surface area (Å²) in [6.07, 6.45) is 3.37. The van der Waals surface area contributed by atoms with Gasteiger partial charge in [0.05, 0.1) is 0 Å². The molecule has 4 heteroatoms. The van der Waals surface area contributed by atoms with Gasteiger partial charge < -0.3 is 9.88 Å². The molecule has 0 aromatic carbocycles. The molecule has 0 unspecified atom stereocenters. The zero-order valence-corrected chi connectivity index (χ0v) is 12.6. The lowest BCUT2D eigenvalue weighted by Gasteiger charge is -2.30. The molecule has 4 nitrogen and oxygen atoms in total. The van der Waals surface area contributed by atoms with Crippen molar-refractivity contribution in [2.24, 2.45) is 0 Å². The Morgan fingerprint density at radius 1 is 1.35 bits per heavy atom. The lowest BCUT2D eigenvalue weighted by molar-refractivity contribution is 0.261. The summed E-state index contributed by atoms with van der Waals surface area (Å²) in [4.78, 5) is 15.1. The van der Waals surface area contributed by atoms with E-state index in [9.17, 15) is 4.79 Å².